The van der Waals surface area contributed by atoms with Gasteiger partial charge in [0, 0.05) is 29.8 Å². The molecule has 0 saturated carbocycles. The molecule has 168 valence electrons. The number of halogens is 2. The Labute approximate surface area is 179 Å². The predicted octanol–water partition coefficient (Wildman–Crippen LogP) is 4.34. The minimum absolute atomic E-state index is 0.0735. The van der Waals surface area contributed by atoms with Gasteiger partial charge in [0.25, 0.3) is 6.43 Å². The second-order valence-corrected chi connectivity index (χ2v) is 8.30. The molecule has 7 nitrogen and oxygen atoms in total. The third-order valence-corrected chi connectivity index (χ3v) is 4.86. The number of esters is 1. The Balaban J connectivity index is 1.95. The molecule has 1 aromatic heterocycles. The zero-order valence-electron chi connectivity index (χ0n) is 18.2. The van der Waals surface area contributed by atoms with Crippen molar-refractivity contribution in [2.24, 2.45) is 0 Å². The lowest BCUT2D eigenvalue weighted by Gasteiger charge is -2.30. The highest BCUT2D eigenvalue weighted by atomic mass is 19.3. The number of carbonyl (C=O) groups excluding carboxylic acids is 2. The molecule has 1 aromatic carbocycles. The lowest BCUT2D eigenvalue weighted by molar-refractivity contribution is 0.0219. The van der Waals surface area contributed by atoms with E-state index < -0.39 is 24.1 Å². The van der Waals surface area contributed by atoms with E-state index in [1.807, 2.05) is 0 Å². The summed E-state index contributed by atoms with van der Waals surface area (Å²) >= 11 is 0. The van der Waals surface area contributed by atoms with Gasteiger partial charge in [-0.3, -0.25) is 4.68 Å². The molecule has 2 aromatic rings. The maximum absolute atomic E-state index is 13.4. The highest BCUT2D eigenvalue weighted by molar-refractivity contribution is 5.89. The maximum atomic E-state index is 13.4. The average molecular weight is 435 g/mol. The second kappa shape index (κ2) is 9.03. The van der Waals surface area contributed by atoms with E-state index in [1.54, 1.807) is 50.6 Å². The van der Waals surface area contributed by atoms with Crippen LogP contribution in [-0.4, -0.2) is 45.5 Å². The minimum atomic E-state index is -2.62. The number of hydrogen-bond donors (Lipinski definition) is 0. The van der Waals surface area contributed by atoms with Gasteiger partial charge in [-0.1, -0.05) is 24.3 Å². The first-order valence-electron chi connectivity index (χ1n) is 10.2. The van der Waals surface area contributed by atoms with E-state index in [0.29, 0.717) is 24.1 Å². The first-order valence-corrected chi connectivity index (χ1v) is 10.2. The monoisotopic (exact) mass is 435 g/mol. The third-order valence-electron chi connectivity index (χ3n) is 4.86. The fourth-order valence-corrected chi connectivity index (χ4v) is 3.52. The maximum Gasteiger partial charge on any atom is 0.410 e. The molecule has 9 heteroatoms. The van der Waals surface area contributed by atoms with E-state index >= 15 is 0 Å². The number of carbonyl (C=O) groups is 2. The smallest absolute Gasteiger partial charge is 0.410 e. The molecule has 0 bridgehead atoms. The van der Waals surface area contributed by atoms with Crippen LogP contribution in [0.3, 0.4) is 0 Å². The Hall–Kier alpha value is -2.97. The highest BCUT2D eigenvalue weighted by Crippen LogP contribution is 2.28. The van der Waals surface area contributed by atoms with Gasteiger partial charge in [-0.15, -0.1) is 0 Å². The summed E-state index contributed by atoms with van der Waals surface area (Å²) in [4.78, 5) is 26.5. The zero-order valence-corrected chi connectivity index (χ0v) is 18.2. The van der Waals surface area contributed by atoms with Crippen LogP contribution >= 0.6 is 0 Å². The Bertz CT molecular complexity index is 966. The van der Waals surface area contributed by atoms with Crippen LogP contribution in [0.2, 0.25) is 0 Å². The Morgan fingerprint density at radius 2 is 1.94 bits per heavy atom. The van der Waals surface area contributed by atoms with Crippen molar-refractivity contribution >= 4 is 12.1 Å². The van der Waals surface area contributed by atoms with Crippen LogP contribution in [-0.2, 0) is 29.0 Å². The van der Waals surface area contributed by atoms with E-state index in [9.17, 15) is 18.4 Å². The summed E-state index contributed by atoms with van der Waals surface area (Å²) in [6.45, 7) is 7.79. The molecule has 0 N–H and O–H groups in total. The SMILES string of the molecule is CCOC(=O)c1nn(Cc2ccccc2C(F)F)c2c1CN(C(=O)OC(C)(C)C)CC2. The summed E-state index contributed by atoms with van der Waals surface area (Å²) in [6.07, 6.45) is -2.68. The number of hydrogen-bond acceptors (Lipinski definition) is 5. The molecule has 0 saturated heterocycles. The number of rotatable bonds is 5. The van der Waals surface area contributed by atoms with Crippen molar-refractivity contribution in [1.82, 2.24) is 14.7 Å². The molecule has 31 heavy (non-hydrogen) atoms. The molecule has 0 fully saturated rings. The van der Waals surface area contributed by atoms with Gasteiger partial charge >= 0.3 is 12.1 Å². The number of benzene rings is 1. The van der Waals surface area contributed by atoms with Crippen LogP contribution in [0.4, 0.5) is 13.6 Å². The van der Waals surface area contributed by atoms with Gasteiger partial charge < -0.3 is 14.4 Å². The summed E-state index contributed by atoms with van der Waals surface area (Å²) < 4.78 is 39.0. The van der Waals surface area contributed by atoms with Crippen molar-refractivity contribution in [1.29, 1.82) is 0 Å². The number of fused-ring (bicyclic) bond motifs is 1. The van der Waals surface area contributed by atoms with E-state index in [1.165, 1.54) is 11.0 Å². The third kappa shape index (κ3) is 5.21. The first kappa shape index (κ1) is 22.7. The molecular weight excluding hydrogens is 408 g/mol. The summed E-state index contributed by atoms with van der Waals surface area (Å²) in [6, 6.07) is 6.25. The number of ether oxygens (including phenoxy) is 2. The van der Waals surface area contributed by atoms with Crippen LogP contribution in [0.1, 0.15) is 67.0 Å². The molecule has 1 aliphatic heterocycles. The number of amides is 1. The molecule has 1 aliphatic rings. The number of aromatic nitrogens is 2. The summed E-state index contributed by atoms with van der Waals surface area (Å²) in [5, 5.41) is 4.39. The van der Waals surface area contributed by atoms with Gasteiger partial charge in [-0.25, -0.2) is 18.4 Å². The number of nitrogens with zero attached hydrogens (tertiary/aromatic N) is 3. The first-order chi connectivity index (χ1) is 14.6. The van der Waals surface area contributed by atoms with Crippen LogP contribution in [0.15, 0.2) is 24.3 Å². The van der Waals surface area contributed by atoms with Crippen LogP contribution < -0.4 is 0 Å². The lowest BCUT2D eigenvalue weighted by atomic mass is 10.0. The van der Waals surface area contributed by atoms with Crippen molar-refractivity contribution in [3.63, 3.8) is 0 Å². The Morgan fingerprint density at radius 1 is 1.23 bits per heavy atom. The predicted molar refractivity (Wildman–Crippen MR) is 109 cm³/mol. The normalized spacial score (nSPS) is 13.8. The molecule has 0 atom stereocenters. The van der Waals surface area contributed by atoms with Crippen LogP contribution in [0.5, 0.6) is 0 Å². The van der Waals surface area contributed by atoms with Gasteiger partial charge in [-0.05, 0) is 33.3 Å². The van der Waals surface area contributed by atoms with E-state index in [4.69, 9.17) is 9.47 Å². The fraction of sp³-hybridized carbons (Fsp3) is 0.500. The van der Waals surface area contributed by atoms with Crippen molar-refractivity contribution in [3.8, 4) is 0 Å². The van der Waals surface area contributed by atoms with Gasteiger partial charge in [0.15, 0.2) is 5.69 Å². The molecule has 0 unspecified atom stereocenters. The topological polar surface area (TPSA) is 73.7 Å². The molecule has 0 spiro atoms. The Kier molecular flexibility index (Phi) is 6.62. The average Bonchev–Trinajstić information content (AvgIpc) is 3.05. The highest BCUT2D eigenvalue weighted by Gasteiger charge is 2.33. The molecule has 0 aliphatic carbocycles. The second-order valence-electron chi connectivity index (χ2n) is 8.30. The molecule has 0 radical (unpaired) electrons. The van der Waals surface area contributed by atoms with Crippen molar-refractivity contribution in [3.05, 3.63) is 52.3 Å². The molecule has 3 rings (SSSR count). The van der Waals surface area contributed by atoms with Gasteiger partial charge in [0.1, 0.15) is 5.60 Å². The van der Waals surface area contributed by atoms with Gasteiger partial charge in [0.2, 0.25) is 0 Å². The number of alkyl halides is 2. The van der Waals surface area contributed by atoms with Crippen LogP contribution in [0, 0.1) is 0 Å². The summed E-state index contributed by atoms with van der Waals surface area (Å²) in [5.41, 5.74) is 1.09. The van der Waals surface area contributed by atoms with E-state index in [2.05, 4.69) is 5.10 Å². The standard InChI is InChI=1S/C22H27F2N3O4/c1-5-30-20(28)18-16-13-26(21(29)31-22(2,3)4)11-10-17(16)27(25-18)12-14-8-6-7-9-15(14)19(23)24/h6-9,19H,5,10-13H2,1-4H3. The molecular formula is C22H27F2N3O4. The lowest BCUT2D eigenvalue weighted by Crippen LogP contribution is -2.40. The van der Waals surface area contributed by atoms with Gasteiger partial charge in [0.05, 0.1) is 19.7 Å². The van der Waals surface area contributed by atoms with Gasteiger partial charge in [-0.2, -0.15) is 5.10 Å². The molecule has 1 amide bonds. The molecule has 2 heterocycles. The largest absolute Gasteiger partial charge is 0.461 e. The van der Waals surface area contributed by atoms with E-state index in [-0.39, 0.29) is 31.0 Å². The quantitative estimate of drug-likeness (QED) is 0.654. The Morgan fingerprint density at radius 3 is 2.58 bits per heavy atom. The summed E-state index contributed by atoms with van der Waals surface area (Å²) in [7, 11) is 0. The van der Waals surface area contributed by atoms with E-state index in [0.717, 1.165) is 5.69 Å². The van der Waals surface area contributed by atoms with Crippen LogP contribution in [0.25, 0.3) is 0 Å². The zero-order chi connectivity index (χ0) is 22.8. The van der Waals surface area contributed by atoms with Crippen molar-refractivity contribution < 1.29 is 27.8 Å². The van der Waals surface area contributed by atoms with Crippen molar-refractivity contribution in [2.75, 3.05) is 13.2 Å². The minimum Gasteiger partial charge on any atom is -0.461 e. The van der Waals surface area contributed by atoms with Crippen molar-refractivity contribution in [2.45, 2.75) is 59.2 Å². The fourth-order valence-electron chi connectivity index (χ4n) is 3.52. The summed E-state index contributed by atoms with van der Waals surface area (Å²) in [5.74, 6) is -0.606.